The molecule has 0 radical (unpaired) electrons. The van der Waals surface area contributed by atoms with Crippen molar-refractivity contribution >= 4 is 0 Å². The van der Waals surface area contributed by atoms with Crippen LogP contribution in [0.5, 0.6) is 0 Å². The number of hydrogen-bond acceptors (Lipinski definition) is 0. The average molecular weight is 413 g/mol. The van der Waals surface area contributed by atoms with E-state index >= 15 is 0 Å². The van der Waals surface area contributed by atoms with Gasteiger partial charge < -0.3 is 0 Å². The zero-order valence-electron chi connectivity index (χ0n) is 21.8. The predicted molar refractivity (Wildman–Crippen MR) is 129 cm³/mol. The first kappa shape index (κ1) is 21.8. The molecule has 5 aliphatic rings. The molecule has 0 N–H and O–H groups in total. The standard InChI is InChI=1S/C30H52/c1-25(2)16-17-27(5)18-19-29(7)21(22(27)20-25)10-11-24-28(6)14-9-13-26(3,4)23(28)12-15-30(24,29)8/h21-24H,9-20H2,1-8H3/t21?,22?,23?,24?,27-,28+,29-,30-/m1/s1. The fourth-order valence-electron chi connectivity index (χ4n) is 11.4. The molecule has 8 atom stereocenters. The Morgan fingerprint density at radius 2 is 1.23 bits per heavy atom. The van der Waals surface area contributed by atoms with Gasteiger partial charge in [0.25, 0.3) is 0 Å². The largest absolute Gasteiger partial charge is 0.0599 e. The molecule has 0 bridgehead atoms. The molecule has 5 aliphatic carbocycles. The first-order chi connectivity index (χ1) is 13.8. The van der Waals surface area contributed by atoms with Crippen LogP contribution in [-0.2, 0) is 0 Å². The highest BCUT2D eigenvalue weighted by Gasteiger charge is 2.68. The van der Waals surface area contributed by atoms with Gasteiger partial charge in [-0.05, 0) is 127 Å². The first-order valence-electron chi connectivity index (χ1n) is 13.8. The summed E-state index contributed by atoms with van der Waals surface area (Å²) in [5.41, 5.74) is 3.49. The highest BCUT2D eigenvalue weighted by atomic mass is 14.7. The van der Waals surface area contributed by atoms with Crippen molar-refractivity contribution in [1.82, 2.24) is 0 Å². The fraction of sp³-hybridized carbons (Fsp3) is 1.00. The highest BCUT2D eigenvalue weighted by molar-refractivity contribution is 5.17. The van der Waals surface area contributed by atoms with Crippen LogP contribution in [-0.4, -0.2) is 0 Å². The predicted octanol–water partition coefficient (Wildman–Crippen LogP) is 9.28. The van der Waals surface area contributed by atoms with Gasteiger partial charge >= 0.3 is 0 Å². The Labute approximate surface area is 188 Å². The van der Waals surface area contributed by atoms with Crippen LogP contribution in [0, 0.1) is 56.2 Å². The topological polar surface area (TPSA) is 0 Å². The van der Waals surface area contributed by atoms with Gasteiger partial charge in [0.2, 0.25) is 0 Å². The van der Waals surface area contributed by atoms with Gasteiger partial charge in [0, 0.05) is 0 Å². The zero-order valence-corrected chi connectivity index (χ0v) is 21.8. The highest BCUT2D eigenvalue weighted by Crippen LogP contribution is 2.76. The SMILES string of the molecule is CC1(C)CC[C@]2(C)CC[C@]3(C)C(CCC4[C@@]5(C)CCCC(C)(C)C5CC[C@]43C)C2C1. The summed E-state index contributed by atoms with van der Waals surface area (Å²) in [4.78, 5) is 0. The summed E-state index contributed by atoms with van der Waals surface area (Å²) in [6.07, 6.45) is 18.0. The minimum absolute atomic E-state index is 0.560. The van der Waals surface area contributed by atoms with Crippen molar-refractivity contribution in [2.45, 2.75) is 132 Å². The Bertz CT molecular complexity index is 701. The Morgan fingerprint density at radius 1 is 0.533 bits per heavy atom. The van der Waals surface area contributed by atoms with E-state index in [1.165, 1.54) is 77.0 Å². The molecule has 5 fully saturated rings. The van der Waals surface area contributed by atoms with E-state index < -0.39 is 0 Å². The van der Waals surface area contributed by atoms with Crippen LogP contribution in [0.2, 0.25) is 0 Å². The van der Waals surface area contributed by atoms with Gasteiger partial charge in [-0.25, -0.2) is 0 Å². The lowest BCUT2D eigenvalue weighted by Gasteiger charge is -2.73. The maximum Gasteiger partial charge on any atom is -0.0235 e. The minimum Gasteiger partial charge on any atom is -0.0599 e. The van der Waals surface area contributed by atoms with Crippen LogP contribution in [0.3, 0.4) is 0 Å². The second-order valence-corrected chi connectivity index (χ2v) is 15.6. The van der Waals surface area contributed by atoms with Gasteiger partial charge in [0.05, 0.1) is 0 Å². The third-order valence-corrected chi connectivity index (χ3v) is 13.4. The lowest BCUT2D eigenvalue weighted by Crippen LogP contribution is -2.65. The molecule has 0 aromatic rings. The number of fused-ring (bicyclic) bond motifs is 7. The van der Waals surface area contributed by atoms with Gasteiger partial charge in [0.1, 0.15) is 0 Å². The van der Waals surface area contributed by atoms with E-state index in [1.54, 1.807) is 0 Å². The summed E-state index contributed by atoms with van der Waals surface area (Å²) < 4.78 is 0. The Kier molecular flexibility index (Phi) is 4.59. The number of rotatable bonds is 0. The van der Waals surface area contributed by atoms with E-state index in [9.17, 15) is 0 Å². The molecule has 0 aromatic carbocycles. The minimum atomic E-state index is 0.560. The van der Waals surface area contributed by atoms with Crippen LogP contribution in [0.4, 0.5) is 0 Å². The summed E-state index contributed by atoms with van der Waals surface area (Å²) in [6.45, 7) is 21.4. The third kappa shape index (κ3) is 2.70. The Hall–Kier alpha value is 0. The summed E-state index contributed by atoms with van der Waals surface area (Å²) in [7, 11) is 0. The van der Waals surface area contributed by atoms with Crippen molar-refractivity contribution < 1.29 is 0 Å². The van der Waals surface area contributed by atoms with Gasteiger partial charge in [0.15, 0.2) is 0 Å². The lowest BCUT2D eigenvalue weighted by atomic mass is 9.31. The summed E-state index contributed by atoms with van der Waals surface area (Å²) in [6, 6.07) is 0. The van der Waals surface area contributed by atoms with Crippen molar-refractivity contribution in [3.8, 4) is 0 Å². The van der Waals surface area contributed by atoms with E-state index in [1.807, 2.05) is 0 Å². The van der Waals surface area contributed by atoms with E-state index in [0.717, 1.165) is 23.7 Å². The fourth-order valence-corrected chi connectivity index (χ4v) is 11.4. The van der Waals surface area contributed by atoms with Gasteiger partial charge in [-0.1, -0.05) is 61.8 Å². The maximum absolute atomic E-state index is 2.81. The van der Waals surface area contributed by atoms with Gasteiger partial charge in [-0.2, -0.15) is 0 Å². The average Bonchev–Trinajstić information content (AvgIpc) is 2.63. The quantitative estimate of drug-likeness (QED) is 0.372. The Balaban J connectivity index is 1.53. The normalized spacial score (nSPS) is 56.8. The summed E-state index contributed by atoms with van der Waals surface area (Å²) >= 11 is 0. The smallest absolute Gasteiger partial charge is 0.0235 e. The molecule has 4 unspecified atom stereocenters. The van der Waals surface area contributed by atoms with Crippen LogP contribution >= 0.6 is 0 Å². The molecule has 30 heavy (non-hydrogen) atoms. The monoisotopic (exact) mass is 412 g/mol. The molecule has 0 spiro atoms. The summed E-state index contributed by atoms with van der Waals surface area (Å²) in [5.74, 6) is 3.88. The van der Waals surface area contributed by atoms with Crippen molar-refractivity contribution in [3.63, 3.8) is 0 Å². The van der Waals surface area contributed by atoms with E-state index in [0.29, 0.717) is 32.5 Å². The molecule has 0 aromatic heterocycles. The molecule has 0 nitrogen and oxygen atoms in total. The summed E-state index contributed by atoms with van der Waals surface area (Å²) in [5, 5.41) is 0. The second-order valence-electron chi connectivity index (χ2n) is 15.6. The van der Waals surface area contributed by atoms with Crippen molar-refractivity contribution in [3.05, 3.63) is 0 Å². The van der Waals surface area contributed by atoms with Gasteiger partial charge in [-0.15, -0.1) is 0 Å². The van der Waals surface area contributed by atoms with E-state index in [-0.39, 0.29) is 0 Å². The van der Waals surface area contributed by atoms with E-state index in [2.05, 4.69) is 55.4 Å². The van der Waals surface area contributed by atoms with Crippen molar-refractivity contribution in [2.75, 3.05) is 0 Å². The molecule has 0 heteroatoms. The molecule has 0 heterocycles. The van der Waals surface area contributed by atoms with Gasteiger partial charge in [-0.3, -0.25) is 0 Å². The van der Waals surface area contributed by atoms with Crippen molar-refractivity contribution in [2.24, 2.45) is 56.2 Å². The molecule has 0 saturated heterocycles. The molecule has 0 aliphatic heterocycles. The van der Waals surface area contributed by atoms with Crippen LogP contribution in [0.25, 0.3) is 0 Å². The second kappa shape index (κ2) is 6.32. The van der Waals surface area contributed by atoms with Crippen LogP contribution in [0.1, 0.15) is 132 Å². The first-order valence-corrected chi connectivity index (χ1v) is 13.8. The van der Waals surface area contributed by atoms with E-state index in [4.69, 9.17) is 0 Å². The molecular weight excluding hydrogens is 360 g/mol. The molecule has 172 valence electrons. The molecule has 5 saturated carbocycles. The van der Waals surface area contributed by atoms with Crippen molar-refractivity contribution in [1.29, 1.82) is 0 Å². The lowest BCUT2D eigenvalue weighted by molar-refractivity contribution is -0.243. The third-order valence-electron chi connectivity index (χ3n) is 13.4. The molecular formula is C30H52. The molecule has 0 amide bonds. The zero-order chi connectivity index (χ0) is 21.8. The molecule has 5 rings (SSSR count). The number of hydrogen-bond donors (Lipinski definition) is 0. The van der Waals surface area contributed by atoms with Crippen LogP contribution < -0.4 is 0 Å². The van der Waals surface area contributed by atoms with Crippen LogP contribution in [0.15, 0.2) is 0 Å². The Morgan fingerprint density at radius 3 is 1.97 bits per heavy atom. The maximum atomic E-state index is 2.81.